The molecule has 0 bridgehead atoms. The van der Waals surface area contributed by atoms with Crippen LogP contribution in [0.15, 0.2) is 78.9 Å². The number of benzene rings is 3. The first-order chi connectivity index (χ1) is 17.0. The summed E-state index contributed by atoms with van der Waals surface area (Å²) < 4.78 is 1.75. The highest BCUT2D eigenvalue weighted by molar-refractivity contribution is 5.90. The van der Waals surface area contributed by atoms with Crippen molar-refractivity contribution >= 4 is 5.91 Å². The number of hydrogen-bond acceptors (Lipinski definition) is 3. The molecule has 5 heteroatoms. The van der Waals surface area contributed by atoms with Crippen LogP contribution >= 0.6 is 0 Å². The lowest BCUT2D eigenvalue weighted by molar-refractivity contribution is 0.0995. The quantitative estimate of drug-likeness (QED) is 0.391. The summed E-state index contributed by atoms with van der Waals surface area (Å²) in [4.78, 5) is 14.0. The van der Waals surface area contributed by atoms with Crippen molar-refractivity contribution in [2.45, 2.75) is 39.2 Å². The number of carbonyl (C=O) groups is 1. The van der Waals surface area contributed by atoms with Crippen molar-refractivity contribution in [3.63, 3.8) is 0 Å². The molecule has 5 rings (SSSR count). The van der Waals surface area contributed by atoms with Crippen LogP contribution in [0, 0.1) is 6.92 Å². The molecule has 1 fully saturated rings. The van der Waals surface area contributed by atoms with Gasteiger partial charge in [-0.15, -0.1) is 0 Å². The summed E-state index contributed by atoms with van der Waals surface area (Å²) in [6, 6.07) is 27.8. The number of nitrogens with two attached hydrogens (primary N) is 1. The lowest BCUT2D eigenvalue weighted by atomic mass is 9.99. The zero-order valence-corrected chi connectivity index (χ0v) is 20.3. The van der Waals surface area contributed by atoms with Gasteiger partial charge in [-0.25, -0.2) is 4.68 Å². The molecule has 35 heavy (non-hydrogen) atoms. The molecule has 1 amide bonds. The zero-order chi connectivity index (χ0) is 24.2. The first kappa shape index (κ1) is 23.1. The van der Waals surface area contributed by atoms with Crippen molar-refractivity contribution in [3.05, 3.63) is 107 Å². The lowest BCUT2D eigenvalue weighted by Gasteiger charge is -2.26. The summed E-state index contributed by atoms with van der Waals surface area (Å²) in [6.45, 7) is 5.43. The summed E-state index contributed by atoms with van der Waals surface area (Å²) in [5, 5.41) is 4.31. The van der Waals surface area contributed by atoms with Crippen LogP contribution in [0.2, 0.25) is 0 Å². The smallest absolute Gasteiger partial charge is 0.269 e. The van der Waals surface area contributed by atoms with Crippen LogP contribution in [0.4, 0.5) is 0 Å². The molecule has 1 aromatic heterocycles. The molecule has 3 aromatic carbocycles. The van der Waals surface area contributed by atoms with E-state index in [1.807, 2.05) is 19.1 Å². The molecule has 1 aliphatic rings. The molecule has 0 aliphatic carbocycles. The molecule has 0 saturated carbocycles. The lowest BCUT2D eigenvalue weighted by Crippen LogP contribution is -2.28. The van der Waals surface area contributed by atoms with E-state index in [-0.39, 0.29) is 5.69 Å². The number of carbonyl (C=O) groups excluding carboxylic acids is 1. The number of likely N-dealkylation sites (tertiary alicyclic amines) is 1. The first-order valence-electron chi connectivity index (χ1n) is 12.4. The fraction of sp³-hybridized carbons (Fsp3) is 0.267. The molecule has 2 N–H and O–H groups in total. The van der Waals surface area contributed by atoms with Gasteiger partial charge in [0, 0.05) is 12.2 Å². The Hall–Kier alpha value is -3.70. The van der Waals surface area contributed by atoms with E-state index in [0.29, 0.717) is 0 Å². The van der Waals surface area contributed by atoms with Crippen molar-refractivity contribution in [3.8, 4) is 16.8 Å². The Morgan fingerprint density at radius 1 is 0.800 bits per heavy atom. The minimum Gasteiger partial charge on any atom is -0.364 e. The Morgan fingerprint density at radius 3 is 1.89 bits per heavy atom. The van der Waals surface area contributed by atoms with Crippen molar-refractivity contribution in [1.29, 1.82) is 0 Å². The topological polar surface area (TPSA) is 64.2 Å². The first-order valence-corrected chi connectivity index (χ1v) is 12.4. The van der Waals surface area contributed by atoms with E-state index in [9.17, 15) is 4.79 Å². The predicted molar refractivity (Wildman–Crippen MR) is 141 cm³/mol. The molecule has 0 radical (unpaired) electrons. The fourth-order valence-electron chi connectivity index (χ4n) is 4.84. The minimum atomic E-state index is -0.514. The van der Waals surface area contributed by atoms with E-state index >= 15 is 0 Å². The van der Waals surface area contributed by atoms with E-state index in [4.69, 9.17) is 5.73 Å². The Morgan fingerprint density at radius 2 is 1.34 bits per heavy atom. The fourth-order valence-corrected chi connectivity index (χ4v) is 4.84. The Labute approximate surface area is 207 Å². The third kappa shape index (κ3) is 5.52. The number of aryl methyl sites for hydroxylation is 1. The molecule has 0 atom stereocenters. The van der Waals surface area contributed by atoms with Gasteiger partial charge in [0.2, 0.25) is 0 Å². The SMILES string of the molecule is Cc1cc(C(N)=O)nn1-c1ccc(Cc2ccc(-c3ccc(CN4CCCCC4)cc3)cc2)cc1. The summed E-state index contributed by atoms with van der Waals surface area (Å²) >= 11 is 0. The van der Waals surface area contributed by atoms with Crippen LogP contribution in [0.3, 0.4) is 0 Å². The van der Waals surface area contributed by atoms with Gasteiger partial charge in [0.1, 0.15) is 0 Å². The van der Waals surface area contributed by atoms with Gasteiger partial charge in [0.25, 0.3) is 5.91 Å². The Bertz CT molecular complexity index is 1280. The van der Waals surface area contributed by atoms with Crippen LogP contribution in [-0.4, -0.2) is 33.7 Å². The maximum absolute atomic E-state index is 11.4. The molecule has 0 spiro atoms. The standard InChI is InChI=1S/C30H32N4O/c1-22-19-29(30(31)35)32-34(22)28-15-9-24(10-16-28)20-23-5-11-26(12-6-23)27-13-7-25(8-14-27)21-33-17-3-2-4-18-33/h5-16,19H,2-4,17-18,20-21H2,1H3,(H2,31,35). The van der Waals surface area contributed by atoms with Gasteiger partial charge in [-0.3, -0.25) is 9.69 Å². The number of primary amides is 1. The second kappa shape index (κ2) is 10.3. The minimum absolute atomic E-state index is 0.281. The summed E-state index contributed by atoms with van der Waals surface area (Å²) in [7, 11) is 0. The maximum Gasteiger partial charge on any atom is 0.269 e. The monoisotopic (exact) mass is 464 g/mol. The van der Waals surface area contributed by atoms with Gasteiger partial charge in [0.05, 0.1) is 5.69 Å². The summed E-state index contributed by atoms with van der Waals surface area (Å²) in [5.74, 6) is -0.514. The Balaban J connectivity index is 1.22. The molecule has 2 heterocycles. The highest BCUT2D eigenvalue weighted by Gasteiger charge is 2.11. The van der Waals surface area contributed by atoms with E-state index in [1.165, 1.54) is 60.2 Å². The molecular formula is C30H32N4O. The number of amides is 1. The van der Waals surface area contributed by atoms with Gasteiger partial charge in [-0.05, 0) is 85.3 Å². The van der Waals surface area contributed by atoms with E-state index < -0.39 is 5.91 Å². The van der Waals surface area contributed by atoms with Gasteiger partial charge in [-0.2, -0.15) is 5.10 Å². The third-order valence-corrected chi connectivity index (χ3v) is 6.83. The number of rotatable bonds is 7. The Kier molecular flexibility index (Phi) is 6.77. The average Bonchev–Trinajstić information content (AvgIpc) is 3.28. The number of aromatic nitrogens is 2. The van der Waals surface area contributed by atoms with Crippen molar-refractivity contribution in [2.75, 3.05) is 13.1 Å². The van der Waals surface area contributed by atoms with Crippen LogP contribution in [0.5, 0.6) is 0 Å². The average molecular weight is 465 g/mol. The van der Waals surface area contributed by atoms with Gasteiger partial charge in [0.15, 0.2) is 5.69 Å². The highest BCUT2D eigenvalue weighted by atomic mass is 16.1. The second-order valence-electron chi connectivity index (χ2n) is 9.52. The van der Waals surface area contributed by atoms with Crippen LogP contribution in [0.1, 0.15) is 52.1 Å². The normalized spacial score (nSPS) is 14.2. The summed E-state index contributed by atoms with van der Waals surface area (Å²) in [5.41, 5.74) is 13.8. The van der Waals surface area contributed by atoms with Crippen LogP contribution < -0.4 is 5.73 Å². The van der Waals surface area contributed by atoms with Crippen LogP contribution in [-0.2, 0) is 13.0 Å². The van der Waals surface area contributed by atoms with Gasteiger partial charge in [-0.1, -0.05) is 67.1 Å². The molecule has 5 nitrogen and oxygen atoms in total. The molecule has 178 valence electrons. The zero-order valence-electron chi connectivity index (χ0n) is 20.3. The molecule has 1 aliphatic heterocycles. The van der Waals surface area contributed by atoms with Crippen molar-refractivity contribution < 1.29 is 4.79 Å². The van der Waals surface area contributed by atoms with Crippen LogP contribution in [0.25, 0.3) is 16.8 Å². The second-order valence-corrected chi connectivity index (χ2v) is 9.52. The predicted octanol–water partition coefficient (Wildman–Crippen LogP) is 5.52. The molecular weight excluding hydrogens is 432 g/mol. The molecule has 1 saturated heterocycles. The maximum atomic E-state index is 11.4. The number of hydrogen-bond donors (Lipinski definition) is 1. The number of nitrogens with zero attached hydrogens (tertiary/aromatic N) is 3. The van der Waals surface area contributed by atoms with Gasteiger partial charge >= 0.3 is 0 Å². The van der Waals surface area contributed by atoms with E-state index in [1.54, 1.807) is 10.7 Å². The number of piperidine rings is 1. The van der Waals surface area contributed by atoms with Crippen molar-refractivity contribution in [1.82, 2.24) is 14.7 Å². The van der Waals surface area contributed by atoms with Gasteiger partial charge < -0.3 is 5.73 Å². The summed E-state index contributed by atoms with van der Waals surface area (Å²) in [6.07, 6.45) is 4.90. The van der Waals surface area contributed by atoms with Crippen molar-refractivity contribution in [2.24, 2.45) is 5.73 Å². The van der Waals surface area contributed by atoms with E-state index in [0.717, 1.165) is 24.3 Å². The largest absolute Gasteiger partial charge is 0.364 e. The van der Waals surface area contributed by atoms with E-state index in [2.05, 4.69) is 70.7 Å². The molecule has 4 aromatic rings. The highest BCUT2D eigenvalue weighted by Crippen LogP contribution is 2.23. The molecule has 0 unspecified atom stereocenters. The third-order valence-electron chi connectivity index (χ3n) is 6.83.